The second kappa shape index (κ2) is 5.12. The number of benzene rings is 2. The standard InChI is InChI=1S/C14H12O7/c1-21-14-12(19)10(17)8(11(18)13(14)20)9(16)6-4-2-3-5-7(6)15/h2-5,15,17-20H,1H3. The number of carbonyl (C=O) groups excluding carboxylic acids is 1. The van der Waals surface area contributed by atoms with E-state index in [-0.39, 0.29) is 11.3 Å². The Labute approximate surface area is 118 Å². The second-order valence-corrected chi connectivity index (χ2v) is 4.15. The Morgan fingerprint density at radius 2 is 1.43 bits per heavy atom. The van der Waals surface area contributed by atoms with E-state index >= 15 is 0 Å². The topological polar surface area (TPSA) is 127 Å². The van der Waals surface area contributed by atoms with Crippen molar-refractivity contribution in [3.05, 3.63) is 35.4 Å². The highest BCUT2D eigenvalue weighted by atomic mass is 16.5. The SMILES string of the molecule is COc1c(O)c(O)c(C(=O)c2ccccc2O)c(O)c1O. The molecule has 0 aliphatic rings. The molecule has 5 N–H and O–H groups in total. The zero-order valence-corrected chi connectivity index (χ0v) is 10.9. The molecule has 2 aromatic rings. The molecule has 0 aliphatic carbocycles. The smallest absolute Gasteiger partial charge is 0.210 e. The van der Waals surface area contributed by atoms with E-state index in [0.717, 1.165) is 7.11 Å². The van der Waals surface area contributed by atoms with Gasteiger partial charge >= 0.3 is 0 Å². The van der Waals surface area contributed by atoms with Gasteiger partial charge in [0.2, 0.25) is 23.0 Å². The monoisotopic (exact) mass is 292 g/mol. The van der Waals surface area contributed by atoms with Gasteiger partial charge in [0, 0.05) is 0 Å². The first-order valence-corrected chi connectivity index (χ1v) is 5.76. The highest BCUT2D eigenvalue weighted by Gasteiger charge is 2.29. The van der Waals surface area contributed by atoms with Crippen molar-refractivity contribution in [1.29, 1.82) is 0 Å². The number of ether oxygens (including phenoxy) is 1. The van der Waals surface area contributed by atoms with Crippen molar-refractivity contribution in [2.75, 3.05) is 7.11 Å². The Bertz CT molecular complexity index is 692. The van der Waals surface area contributed by atoms with E-state index < -0.39 is 40.1 Å². The Morgan fingerprint density at radius 3 is 1.90 bits per heavy atom. The minimum absolute atomic E-state index is 0.216. The van der Waals surface area contributed by atoms with Gasteiger partial charge in [0.05, 0.1) is 12.7 Å². The summed E-state index contributed by atoms with van der Waals surface area (Å²) in [5, 5.41) is 48.7. The predicted molar refractivity (Wildman–Crippen MR) is 71.2 cm³/mol. The molecule has 0 bridgehead atoms. The largest absolute Gasteiger partial charge is 0.507 e. The fourth-order valence-corrected chi connectivity index (χ4v) is 1.88. The number of phenolic OH excluding ortho intramolecular Hbond substituents is 5. The highest BCUT2D eigenvalue weighted by molar-refractivity contribution is 6.15. The minimum atomic E-state index is -0.976. The van der Waals surface area contributed by atoms with Gasteiger partial charge in [0.1, 0.15) is 11.3 Å². The molecule has 2 rings (SSSR count). The van der Waals surface area contributed by atoms with Gasteiger partial charge in [0.25, 0.3) is 0 Å². The van der Waals surface area contributed by atoms with Crippen molar-refractivity contribution < 1.29 is 35.1 Å². The number of hydrogen-bond acceptors (Lipinski definition) is 7. The molecular weight excluding hydrogens is 280 g/mol. The quantitative estimate of drug-likeness (QED) is 0.329. The summed E-state index contributed by atoms with van der Waals surface area (Å²) >= 11 is 0. The first-order valence-electron chi connectivity index (χ1n) is 5.76. The highest BCUT2D eigenvalue weighted by Crippen LogP contribution is 2.52. The molecule has 0 aliphatic heterocycles. The molecule has 0 fully saturated rings. The molecule has 0 radical (unpaired) electrons. The van der Waals surface area contributed by atoms with Crippen LogP contribution in [-0.4, -0.2) is 38.4 Å². The second-order valence-electron chi connectivity index (χ2n) is 4.15. The van der Waals surface area contributed by atoms with Crippen LogP contribution in [0.3, 0.4) is 0 Å². The van der Waals surface area contributed by atoms with Crippen molar-refractivity contribution in [3.8, 4) is 34.5 Å². The molecule has 0 heterocycles. The van der Waals surface area contributed by atoms with Gasteiger partial charge < -0.3 is 30.3 Å². The summed E-state index contributed by atoms with van der Waals surface area (Å²) in [6.07, 6.45) is 0. The van der Waals surface area contributed by atoms with Crippen molar-refractivity contribution in [1.82, 2.24) is 0 Å². The summed E-state index contributed by atoms with van der Waals surface area (Å²) in [7, 11) is 1.10. The number of phenols is 5. The van der Waals surface area contributed by atoms with E-state index in [9.17, 15) is 30.3 Å². The molecule has 110 valence electrons. The van der Waals surface area contributed by atoms with Gasteiger partial charge in [-0.15, -0.1) is 0 Å². The summed E-state index contributed by atoms with van der Waals surface area (Å²) in [4.78, 5) is 12.3. The molecule has 21 heavy (non-hydrogen) atoms. The Balaban J connectivity index is 2.71. The Morgan fingerprint density at radius 1 is 0.905 bits per heavy atom. The van der Waals surface area contributed by atoms with Crippen LogP contribution in [0.1, 0.15) is 15.9 Å². The van der Waals surface area contributed by atoms with Crippen molar-refractivity contribution >= 4 is 5.78 Å². The zero-order valence-electron chi connectivity index (χ0n) is 10.9. The van der Waals surface area contributed by atoms with Crippen LogP contribution in [0.5, 0.6) is 34.5 Å². The number of aromatic hydroxyl groups is 5. The molecule has 0 unspecified atom stereocenters. The first kappa shape index (κ1) is 14.3. The Hall–Kier alpha value is -3.09. The molecule has 0 spiro atoms. The first-order chi connectivity index (χ1) is 9.90. The number of para-hydroxylation sites is 1. The lowest BCUT2D eigenvalue weighted by atomic mass is 9.99. The molecular formula is C14H12O7. The third kappa shape index (κ3) is 2.14. The van der Waals surface area contributed by atoms with E-state index in [4.69, 9.17) is 0 Å². The molecule has 0 aromatic heterocycles. The average molecular weight is 292 g/mol. The Kier molecular flexibility index (Phi) is 3.49. The fourth-order valence-electron chi connectivity index (χ4n) is 1.88. The molecule has 7 nitrogen and oxygen atoms in total. The van der Waals surface area contributed by atoms with Gasteiger partial charge in [0.15, 0.2) is 11.5 Å². The summed E-state index contributed by atoms with van der Waals surface area (Å²) in [5.41, 5.74) is -0.959. The molecule has 0 saturated heterocycles. The third-order valence-electron chi connectivity index (χ3n) is 2.93. The summed E-state index contributed by atoms with van der Waals surface area (Å²) < 4.78 is 4.62. The van der Waals surface area contributed by atoms with Crippen LogP contribution in [-0.2, 0) is 0 Å². The maximum atomic E-state index is 12.3. The van der Waals surface area contributed by atoms with Crippen LogP contribution in [0, 0.1) is 0 Å². The van der Waals surface area contributed by atoms with Gasteiger partial charge in [-0.05, 0) is 12.1 Å². The van der Waals surface area contributed by atoms with E-state index in [0.29, 0.717) is 0 Å². The van der Waals surface area contributed by atoms with E-state index in [1.165, 1.54) is 24.3 Å². The van der Waals surface area contributed by atoms with Crippen molar-refractivity contribution in [3.63, 3.8) is 0 Å². The maximum Gasteiger partial charge on any atom is 0.210 e. The summed E-state index contributed by atoms with van der Waals surface area (Å²) in [6.45, 7) is 0. The van der Waals surface area contributed by atoms with Crippen LogP contribution in [0.2, 0.25) is 0 Å². The normalized spacial score (nSPS) is 10.3. The third-order valence-corrected chi connectivity index (χ3v) is 2.93. The average Bonchev–Trinajstić information content (AvgIpc) is 2.46. The lowest BCUT2D eigenvalue weighted by Gasteiger charge is -2.14. The van der Waals surface area contributed by atoms with Crippen LogP contribution in [0.4, 0.5) is 0 Å². The minimum Gasteiger partial charge on any atom is -0.507 e. The van der Waals surface area contributed by atoms with Gasteiger partial charge in [-0.2, -0.15) is 0 Å². The number of ketones is 1. The van der Waals surface area contributed by atoms with Crippen LogP contribution >= 0.6 is 0 Å². The van der Waals surface area contributed by atoms with Gasteiger partial charge in [-0.3, -0.25) is 4.79 Å². The van der Waals surface area contributed by atoms with Crippen molar-refractivity contribution in [2.24, 2.45) is 0 Å². The lowest BCUT2D eigenvalue weighted by molar-refractivity contribution is 0.102. The number of hydrogen-bond donors (Lipinski definition) is 5. The molecule has 2 aromatic carbocycles. The number of carbonyl (C=O) groups is 1. The lowest BCUT2D eigenvalue weighted by Crippen LogP contribution is -2.03. The predicted octanol–water partition coefficient (Wildman–Crippen LogP) is 1.45. The molecule has 0 amide bonds. The van der Waals surface area contributed by atoms with Crippen LogP contribution in [0.15, 0.2) is 24.3 Å². The van der Waals surface area contributed by atoms with E-state index in [1.54, 1.807) is 0 Å². The summed E-state index contributed by atoms with van der Waals surface area (Å²) in [6, 6.07) is 5.44. The molecule has 0 atom stereocenters. The molecule has 0 saturated carbocycles. The van der Waals surface area contributed by atoms with E-state index in [1.807, 2.05) is 0 Å². The van der Waals surface area contributed by atoms with Crippen LogP contribution in [0.25, 0.3) is 0 Å². The zero-order chi connectivity index (χ0) is 15.7. The van der Waals surface area contributed by atoms with Crippen LogP contribution < -0.4 is 4.74 Å². The van der Waals surface area contributed by atoms with Gasteiger partial charge in [-0.25, -0.2) is 0 Å². The maximum absolute atomic E-state index is 12.3. The fraction of sp³-hybridized carbons (Fsp3) is 0.0714. The summed E-state index contributed by atoms with van der Waals surface area (Å²) in [5.74, 6) is -5.64. The van der Waals surface area contributed by atoms with Gasteiger partial charge in [-0.1, -0.05) is 12.1 Å². The number of rotatable bonds is 3. The van der Waals surface area contributed by atoms with E-state index in [2.05, 4.69) is 4.74 Å². The number of methoxy groups -OCH3 is 1. The molecule has 7 heteroatoms. The van der Waals surface area contributed by atoms with Crippen molar-refractivity contribution in [2.45, 2.75) is 0 Å².